The maximum atomic E-state index is 14.0. The van der Waals surface area contributed by atoms with Gasteiger partial charge in [0.05, 0.1) is 17.6 Å². The number of alkyl halides is 3. The van der Waals surface area contributed by atoms with Gasteiger partial charge in [-0.1, -0.05) is 6.42 Å². The normalized spacial score (nSPS) is 35.8. The van der Waals surface area contributed by atoms with Crippen LogP contribution in [0, 0.1) is 23.2 Å². The lowest BCUT2D eigenvalue weighted by atomic mass is 9.78. The monoisotopic (exact) mass is 477 g/mol. The molecule has 0 radical (unpaired) electrons. The van der Waals surface area contributed by atoms with E-state index in [1.807, 2.05) is 4.90 Å². The molecule has 5 nitrogen and oxygen atoms in total. The second kappa shape index (κ2) is 8.47. The van der Waals surface area contributed by atoms with Crippen LogP contribution in [0.2, 0.25) is 0 Å². The van der Waals surface area contributed by atoms with Crippen LogP contribution in [0.25, 0.3) is 0 Å². The maximum Gasteiger partial charge on any atom is 0.417 e. The predicted octanol–water partition coefficient (Wildman–Crippen LogP) is 4.34. The average molecular weight is 478 g/mol. The lowest BCUT2D eigenvalue weighted by Gasteiger charge is -2.38. The summed E-state index contributed by atoms with van der Waals surface area (Å²) in [6, 6.07) is 2.01. The van der Waals surface area contributed by atoms with E-state index in [1.54, 1.807) is 0 Å². The van der Waals surface area contributed by atoms with E-state index in [4.69, 9.17) is 4.74 Å². The molecule has 8 heteroatoms. The molecule has 3 heterocycles. The minimum absolute atomic E-state index is 0.160. The Bertz CT molecular complexity index is 950. The fourth-order valence-electron chi connectivity index (χ4n) is 7.45. The second-order valence-corrected chi connectivity index (χ2v) is 11.3. The number of pyridine rings is 1. The molecule has 5 atom stereocenters. The molecular weight excluding hydrogens is 443 g/mol. The number of nitrogens with one attached hydrogen (secondary N) is 1. The zero-order valence-corrected chi connectivity index (χ0v) is 19.6. The molecule has 2 aliphatic heterocycles. The molecule has 0 aromatic carbocycles. The minimum atomic E-state index is -4.42. The number of fused-ring (bicyclic) bond motifs is 2. The molecule has 1 N–H and O–H groups in total. The predicted molar refractivity (Wildman–Crippen MR) is 120 cm³/mol. The van der Waals surface area contributed by atoms with Gasteiger partial charge in [-0.2, -0.15) is 13.2 Å². The molecule has 0 bridgehead atoms. The molecular formula is C26H34F3N3O2. The van der Waals surface area contributed by atoms with Crippen LogP contribution in [0.15, 0.2) is 12.3 Å². The van der Waals surface area contributed by atoms with Gasteiger partial charge >= 0.3 is 6.18 Å². The third kappa shape index (κ3) is 4.04. The number of hydrogen-bond acceptors (Lipinski definition) is 4. The summed E-state index contributed by atoms with van der Waals surface area (Å²) in [6.07, 6.45) is 5.61. The van der Waals surface area contributed by atoms with Gasteiger partial charge in [-0.05, 0) is 68.4 Å². The maximum absolute atomic E-state index is 14.0. The first-order valence-electron chi connectivity index (χ1n) is 13.0. The number of carbonyl (C=O) groups excluding carboxylic acids is 1. The molecule has 1 amide bonds. The van der Waals surface area contributed by atoms with Crippen LogP contribution in [0.4, 0.5) is 13.2 Å². The summed E-state index contributed by atoms with van der Waals surface area (Å²) in [5.41, 5.74) is 0.144. The zero-order valence-electron chi connectivity index (χ0n) is 19.6. The molecule has 1 aromatic heterocycles. The molecule has 0 spiro atoms. The highest BCUT2D eigenvalue weighted by molar-refractivity contribution is 5.84. The fourth-order valence-corrected chi connectivity index (χ4v) is 7.45. The quantitative estimate of drug-likeness (QED) is 0.701. The average Bonchev–Trinajstić information content (AvgIpc) is 3.50. The Hall–Kier alpha value is -1.67. The van der Waals surface area contributed by atoms with Crippen LogP contribution in [0.1, 0.15) is 68.2 Å². The van der Waals surface area contributed by atoms with Gasteiger partial charge in [0.25, 0.3) is 0 Å². The summed E-state index contributed by atoms with van der Waals surface area (Å²) in [7, 11) is 0. The summed E-state index contributed by atoms with van der Waals surface area (Å²) in [5, 5.41) is 3.95. The van der Waals surface area contributed by atoms with E-state index in [2.05, 4.69) is 10.3 Å². The van der Waals surface area contributed by atoms with Crippen molar-refractivity contribution in [2.45, 2.75) is 82.6 Å². The molecule has 1 saturated heterocycles. The van der Waals surface area contributed by atoms with Crippen molar-refractivity contribution in [2.24, 2.45) is 23.2 Å². The van der Waals surface area contributed by atoms with Gasteiger partial charge in [0.15, 0.2) is 0 Å². The van der Waals surface area contributed by atoms with E-state index in [0.29, 0.717) is 48.1 Å². The third-order valence-corrected chi connectivity index (χ3v) is 9.29. The largest absolute Gasteiger partial charge is 0.417 e. The number of carbonyl (C=O) groups is 1. The van der Waals surface area contributed by atoms with Crippen molar-refractivity contribution in [1.82, 2.24) is 15.2 Å². The highest BCUT2D eigenvalue weighted by Crippen LogP contribution is 2.56. The topological polar surface area (TPSA) is 54.5 Å². The highest BCUT2D eigenvalue weighted by atomic mass is 19.4. The zero-order chi connectivity index (χ0) is 23.5. The number of halogens is 3. The van der Waals surface area contributed by atoms with Crippen LogP contribution < -0.4 is 5.32 Å². The van der Waals surface area contributed by atoms with Crippen molar-refractivity contribution in [3.8, 4) is 0 Å². The van der Waals surface area contributed by atoms with Gasteiger partial charge in [-0.3, -0.25) is 9.78 Å². The van der Waals surface area contributed by atoms with E-state index in [1.165, 1.54) is 18.9 Å². The summed E-state index contributed by atoms with van der Waals surface area (Å²) in [5.74, 6) is 1.92. The van der Waals surface area contributed by atoms with Crippen LogP contribution in [0.5, 0.6) is 0 Å². The van der Waals surface area contributed by atoms with Gasteiger partial charge in [-0.25, -0.2) is 0 Å². The molecule has 3 aliphatic carbocycles. The lowest BCUT2D eigenvalue weighted by Crippen LogP contribution is -2.49. The Labute approximate surface area is 198 Å². The molecule has 3 saturated carbocycles. The second-order valence-electron chi connectivity index (χ2n) is 11.3. The van der Waals surface area contributed by atoms with Crippen molar-refractivity contribution in [3.05, 3.63) is 29.1 Å². The molecule has 186 valence electrons. The number of nitrogens with zero attached hydrogens (tertiary/aromatic N) is 2. The number of aromatic nitrogens is 1. The minimum Gasteiger partial charge on any atom is -0.381 e. The van der Waals surface area contributed by atoms with Gasteiger partial charge in [-0.15, -0.1) is 0 Å². The van der Waals surface area contributed by atoms with Gasteiger partial charge in [0.1, 0.15) is 0 Å². The number of rotatable bonds is 4. The molecule has 34 heavy (non-hydrogen) atoms. The summed E-state index contributed by atoms with van der Waals surface area (Å²) >= 11 is 0. The van der Waals surface area contributed by atoms with E-state index < -0.39 is 11.7 Å². The Morgan fingerprint density at radius 3 is 2.88 bits per heavy atom. The molecule has 1 aromatic rings. The lowest BCUT2D eigenvalue weighted by molar-refractivity contribution is -0.144. The van der Waals surface area contributed by atoms with Gasteiger partial charge < -0.3 is 15.0 Å². The van der Waals surface area contributed by atoms with E-state index in [9.17, 15) is 18.0 Å². The highest BCUT2D eigenvalue weighted by Gasteiger charge is 2.56. The molecule has 4 fully saturated rings. The first-order valence-corrected chi connectivity index (χ1v) is 13.0. The van der Waals surface area contributed by atoms with Crippen LogP contribution >= 0.6 is 0 Å². The number of hydrogen-bond donors (Lipinski definition) is 1. The van der Waals surface area contributed by atoms with Gasteiger partial charge in [0, 0.05) is 56.0 Å². The van der Waals surface area contributed by atoms with E-state index >= 15 is 0 Å². The van der Waals surface area contributed by atoms with Crippen LogP contribution in [0.3, 0.4) is 0 Å². The van der Waals surface area contributed by atoms with E-state index in [0.717, 1.165) is 63.9 Å². The first kappa shape index (κ1) is 22.8. The van der Waals surface area contributed by atoms with Crippen molar-refractivity contribution in [3.63, 3.8) is 0 Å². The number of ether oxygens (including phenoxy) is 1. The summed E-state index contributed by atoms with van der Waals surface area (Å²) in [4.78, 5) is 19.8. The van der Waals surface area contributed by atoms with Gasteiger partial charge in [0.2, 0.25) is 5.91 Å². The van der Waals surface area contributed by atoms with Crippen molar-refractivity contribution >= 4 is 5.91 Å². The summed E-state index contributed by atoms with van der Waals surface area (Å²) < 4.78 is 45.4. The molecule has 6 rings (SSSR count). The summed E-state index contributed by atoms with van der Waals surface area (Å²) in [6.45, 7) is 2.44. The Balaban J connectivity index is 1.17. The van der Waals surface area contributed by atoms with Crippen LogP contribution in [-0.4, -0.2) is 47.6 Å². The Morgan fingerprint density at radius 1 is 1.24 bits per heavy atom. The Kier molecular flexibility index (Phi) is 5.67. The van der Waals surface area contributed by atoms with Crippen LogP contribution in [-0.2, 0) is 28.7 Å². The van der Waals surface area contributed by atoms with E-state index in [-0.39, 0.29) is 17.9 Å². The van der Waals surface area contributed by atoms with Crippen molar-refractivity contribution < 1.29 is 22.7 Å². The van der Waals surface area contributed by atoms with Crippen molar-refractivity contribution in [1.29, 1.82) is 0 Å². The third-order valence-electron chi connectivity index (χ3n) is 9.29. The fraction of sp³-hybridized carbons (Fsp3) is 0.769. The Morgan fingerprint density at radius 2 is 2.09 bits per heavy atom. The SMILES string of the molecule is O=C(N1CCc2ncc(C(F)(F)F)cc2C1)[C@@]12CCC[C@@H]1C[C@@H](NC1CCOC[C@H]1C1CC1)C2. The van der Waals surface area contributed by atoms with Crippen molar-refractivity contribution in [2.75, 3.05) is 19.8 Å². The number of amides is 1. The first-order chi connectivity index (χ1) is 16.3. The standard InChI is InChI=1S/C26H34F3N3O2/c27-26(28,29)19-10-17-14-32(8-5-22(17)30-13-19)24(33)25-7-1-2-18(25)11-20(12-25)31-23-6-9-34-15-21(23)16-3-4-16/h10,13,16,18,20-21,23,31H,1-9,11-12,14-15H2/t18-,20-,21+,23?,25-/m1/s1. The smallest absolute Gasteiger partial charge is 0.381 e. The molecule has 5 aliphatic rings. The molecule has 1 unspecified atom stereocenters.